The molecular formula is C19H22ClNO3S2. The van der Waals surface area contributed by atoms with E-state index in [9.17, 15) is 13.2 Å². The summed E-state index contributed by atoms with van der Waals surface area (Å²) in [5.41, 5.74) is 3.62. The average Bonchev–Trinajstić information content (AvgIpc) is 3.06. The molecule has 0 N–H and O–H groups in total. The summed E-state index contributed by atoms with van der Waals surface area (Å²) in [5, 5.41) is 0.699. The summed E-state index contributed by atoms with van der Waals surface area (Å²) in [7, 11) is -2.96. The number of carbonyl (C=O) groups is 1. The Bertz CT molecular complexity index is 934. The van der Waals surface area contributed by atoms with E-state index in [4.69, 9.17) is 11.6 Å². The number of rotatable bonds is 6. The molecule has 3 rings (SSSR count). The molecule has 0 bridgehead atoms. The molecule has 2 aromatic rings. The second-order valence-corrected chi connectivity index (χ2v) is 10.4. The second kappa shape index (κ2) is 7.79. The van der Waals surface area contributed by atoms with Gasteiger partial charge in [-0.1, -0.05) is 23.7 Å². The number of carbonyl (C=O) groups excluding carboxylic acids is 1. The van der Waals surface area contributed by atoms with Crippen LogP contribution in [-0.4, -0.2) is 36.0 Å². The second-order valence-electron chi connectivity index (χ2n) is 6.76. The summed E-state index contributed by atoms with van der Waals surface area (Å²) in [6.45, 7) is 3.85. The van der Waals surface area contributed by atoms with Gasteiger partial charge in [0.1, 0.15) is 0 Å². The molecular weight excluding hydrogens is 390 g/mol. The first-order valence-electron chi connectivity index (χ1n) is 8.51. The molecule has 2 heterocycles. The van der Waals surface area contributed by atoms with Crippen molar-refractivity contribution in [2.45, 2.75) is 32.1 Å². The van der Waals surface area contributed by atoms with Gasteiger partial charge in [0.15, 0.2) is 15.6 Å². The van der Waals surface area contributed by atoms with Gasteiger partial charge >= 0.3 is 0 Å². The normalized spacial score (nSPS) is 19.0. The van der Waals surface area contributed by atoms with E-state index in [0.717, 1.165) is 22.7 Å². The predicted octanol–water partition coefficient (Wildman–Crippen LogP) is 4.23. The minimum Gasteiger partial charge on any atom is -0.344 e. The highest BCUT2D eigenvalue weighted by Crippen LogP contribution is 2.29. The number of hydrogen-bond acceptors (Lipinski definition) is 4. The van der Waals surface area contributed by atoms with Crippen LogP contribution in [0.15, 0.2) is 30.3 Å². The van der Waals surface area contributed by atoms with Crippen molar-refractivity contribution < 1.29 is 13.2 Å². The Kier molecular flexibility index (Phi) is 5.85. The van der Waals surface area contributed by atoms with Gasteiger partial charge in [-0.3, -0.25) is 4.79 Å². The molecule has 1 atom stereocenters. The van der Waals surface area contributed by atoms with E-state index >= 15 is 0 Å². The van der Waals surface area contributed by atoms with Gasteiger partial charge in [0.05, 0.1) is 17.3 Å². The van der Waals surface area contributed by atoms with Crippen molar-refractivity contribution in [1.82, 2.24) is 4.57 Å². The zero-order chi connectivity index (χ0) is 18.9. The third-order valence-electron chi connectivity index (χ3n) is 4.75. The van der Waals surface area contributed by atoms with E-state index in [1.807, 2.05) is 48.7 Å². The van der Waals surface area contributed by atoms with E-state index in [1.165, 1.54) is 0 Å². The average molecular weight is 412 g/mol. The molecule has 1 saturated heterocycles. The number of nitrogens with zero attached hydrogens (tertiary/aromatic N) is 1. The maximum atomic E-state index is 12.7. The van der Waals surface area contributed by atoms with Crippen molar-refractivity contribution in [3.05, 3.63) is 57.9 Å². The number of ketones is 1. The van der Waals surface area contributed by atoms with Crippen LogP contribution >= 0.6 is 23.4 Å². The van der Waals surface area contributed by atoms with Gasteiger partial charge in [0.25, 0.3) is 0 Å². The number of Topliss-reactive ketones (excluding diaryl/α,β-unsaturated/α-hetero) is 1. The lowest BCUT2D eigenvalue weighted by Gasteiger charge is -2.16. The monoisotopic (exact) mass is 411 g/mol. The van der Waals surface area contributed by atoms with Crippen LogP contribution in [-0.2, 0) is 15.6 Å². The maximum absolute atomic E-state index is 12.7. The Hall–Kier alpha value is -1.24. The maximum Gasteiger partial charge on any atom is 0.174 e. The first kappa shape index (κ1) is 19.5. The summed E-state index contributed by atoms with van der Waals surface area (Å²) in [6, 6.07) is 9.48. The van der Waals surface area contributed by atoms with Gasteiger partial charge in [-0.25, -0.2) is 8.42 Å². The van der Waals surface area contributed by atoms with Crippen LogP contribution in [0.3, 0.4) is 0 Å². The molecule has 0 saturated carbocycles. The fourth-order valence-corrected chi connectivity index (χ4v) is 6.34. The van der Waals surface area contributed by atoms with E-state index in [2.05, 4.69) is 0 Å². The number of hydrogen-bond donors (Lipinski definition) is 0. The van der Waals surface area contributed by atoms with E-state index < -0.39 is 9.84 Å². The molecule has 0 amide bonds. The van der Waals surface area contributed by atoms with Crippen LogP contribution in [0.25, 0.3) is 0 Å². The summed E-state index contributed by atoms with van der Waals surface area (Å²) >= 11 is 7.54. The largest absolute Gasteiger partial charge is 0.344 e. The van der Waals surface area contributed by atoms with Crippen molar-refractivity contribution in [2.24, 2.45) is 0 Å². The van der Waals surface area contributed by atoms with Crippen LogP contribution < -0.4 is 0 Å². The van der Waals surface area contributed by atoms with E-state index in [1.54, 1.807) is 11.8 Å². The predicted molar refractivity (Wildman–Crippen MR) is 108 cm³/mol. The fourth-order valence-electron chi connectivity index (χ4n) is 3.57. The molecule has 0 spiro atoms. The lowest BCUT2D eigenvalue weighted by Crippen LogP contribution is -2.14. The Morgan fingerprint density at radius 1 is 1.31 bits per heavy atom. The van der Waals surface area contributed by atoms with Gasteiger partial charge in [0.2, 0.25) is 0 Å². The summed E-state index contributed by atoms with van der Waals surface area (Å²) in [6.07, 6.45) is 0.621. The number of aryl methyl sites for hydroxylation is 1. The Morgan fingerprint density at radius 3 is 2.73 bits per heavy atom. The summed E-state index contributed by atoms with van der Waals surface area (Å²) in [5.74, 6) is 1.59. The third kappa shape index (κ3) is 4.35. The van der Waals surface area contributed by atoms with Gasteiger partial charge < -0.3 is 4.57 Å². The van der Waals surface area contributed by atoms with Crippen LogP contribution in [0, 0.1) is 13.8 Å². The number of aromatic nitrogens is 1. The van der Waals surface area contributed by atoms with Crippen LogP contribution in [0.5, 0.6) is 0 Å². The summed E-state index contributed by atoms with van der Waals surface area (Å²) in [4.78, 5) is 12.7. The highest BCUT2D eigenvalue weighted by Gasteiger charge is 2.31. The molecule has 1 unspecified atom stereocenters. The molecule has 1 aromatic carbocycles. The van der Waals surface area contributed by atoms with Gasteiger partial charge in [-0.15, -0.1) is 11.8 Å². The van der Waals surface area contributed by atoms with Crippen LogP contribution in [0.4, 0.5) is 0 Å². The highest BCUT2D eigenvalue weighted by molar-refractivity contribution is 7.99. The van der Waals surface area contributed by atoms with Crippen LogP contribution in [0.1, 0.15) is 39.8 Å². The zero-order valence-corrected chi connectivity index (χ0v) is 17.3. The van der Waals surface area contributed by atoms with Crippen molar-refractivity contribution in [3.63, 3.8) is 0 Å². The van der Waals surface area contributed by atoms with Crippen molar-refractivity contribution >= 4 is 39.0 Å². The lowest BCUT2D eigenvalue weighted by atomic mass is 10.2. The molecule has 1 aliphatic heterocycles. The van der Waals surface area contributed by atoms with Crippen molar-refractivity contribution in [3.8, 4) is 0 Å². The van der Waals surface area contributed by atoms with Crippen molar-refractivity contribution in [1.29, 1.82) is 0 Å². The number of halogens is 1. The lowest BCUT2D eigenvalue weighted by molar-refractivity contribution is 0.102. The molecule has 1 aromatic heterocycles. The first-order chi connectivity index (χ1) is 12.3. The Balaban J connectivity index is 1.67. The van der Waals surface area contributed by atoms with Gasteiger partial charge in [-0.05, 0) is 44.0 Å². The Morgan fingerprint density at radius 2 is 2.08 bits per heavy atom. The standard InChI is InChI=1S/C19H22ClNO3S2/c1-13-8-18(14(2)21(13)17-6-7-26(23,24)12-17)19(22)11-25-10-15-4-3-5-16(20)9-15/h3-5,8-9,17H,6-7,10-12H2,1-2H3. The topological polar surface area (TPSA) is 56.1 Å². The smallest absolute Gasteiger partial charge is 0.174 e. The number of thioether (sulfide) groups is 1. The molecule has 1 fully saturated rings. The minimum atomic E-state index is -2.96. The minimum absolute atomic E-state index is 0.0549. The van der Waals surface area contributed by atoms with Crippen molar-refractivity contribution in [2.75, 3.05) is 17.3 Å². The van der Waals surface area contributed by atoms with Gasteiger partial charge in [0, 0.05) is 33.8 Å². The molecule has 4 nitrogen and oxygen atoms in total. The van der Waals surface area contributed by atoms with Gasteiger partial charge in [-0.2, -0.15) is 0 Å². The van der Waals surface area contributed by atoms with E-state index in [0.29, 0.717) is 22.8 Å². The highest BCUT2D eigenvalue weighted by atomic mass is 35.5. The quantitative estimate of drug-likeness (QED) is 0.667. The molecule has 0 radical (unpaired) electrons. The molecule has 1 aliphatic rings. The van der Waals surface area contributed by atoms with E-state index in [-0.39, 0.29) is 23.3 Å². The van der Waals surface area contributed by atoms with Crippen LogP contribution in [0.2, 0.25) is 5.02 Å². The Labute approximate surface area is 163 Å². The molecule has 26 heavy (non-hydrogen) atoms. The third-order valence-corrected chi connectivity index (χ3v) is 7.74. The zero-order valence-electron chi connectivity index (χ0n) is 14.9. The first-order valence-corrected chi connectivity index (χ1v) is 11.9. The summed E-state index contributed by atoms with van der Waals surface area (Å²) < 4.78 is 25.6. The fraction of sp³-hybridized carbons (Fsp3) is 0.421. The number of sulfone groups is 1. The molecule has 7 heteroatoms. The number of benzene rings is 1. The SMILES string of the molecule is Cc1cc(C(=O)CSCc2cccc(Cl)c2)c(C)n1C1CCS(=O)(=O)C1. The molecule has 0 aliphatic carbocycles. The molecule has 140 valence electrons.